The maximum absolute atomic E-state index is 13.6. The van der Waals surface area contributed by atoms with Crippen molar-refractivity contribution in [2.75, 3.05) is 10.5 Å². The zero-order valence-corrected chi connectivity index (χ0v) is 11.2. The summed E-state index contributed by atoms with van der Waals surface area (Å²) in [6, 6.07) is 5.37. The van der Waals surface area contributed by atoms with Gasteiger partial charge in [0.05, 0.1) is 10.7 Å². The number of sulfonamides is 1. The predicted octanol–water partition coefficient (Wildman–Crippen LogP) is 2.92. The summed E-state index contributed by atoms with van der Waals surface area (Å²) < 4.78 is 39.5. The first-order valence-corrected chi connectivity index (χ1v) is 7.45. The second-order valence-corrected chi connectivity index (χ2v) is 6.63. The van der Waals surface area contributed by atoms with Gasteiger partial charge in [-0.05, 0) is 18.2 Å². The van der Waals surface area contributed by atoms with Crippen molar-refractivity contribution in [2.24, 2.45) is 0 Å². The third kappa shape index (κ3) is 2.58. The molecule has 0 fully saturated rings. The number of benzene rings is 1. The van der Waals surface area contributed by atoms with E-state index in [4.69, 9.17) is 17.3 Å². The van der Waals surface area contributed by atoms with Crippen LogP contribution >= 0.6 is 22.9 Å². The van der Waals surface area contributed by atoms with Gasteiger partial charge in [-0.25, -0.2) is 12.8 Å². The van der Waals surface area contributed by atoms with Crippen molar-refractivity contribution in [1.82, 2.24) is 0 Å². The Hall–Kier alpha value is -1.31. The van der Waals surface area contributed by atoms with Gasteiger partial charge in [-0.2, -0.15) is 0 Å². The van der Waals surface area contributed by atoms with E-state index in [9.17, 15) is 12.8 Å². The van der Waals surface area contributed by atoms with Crippen LogP contribution in [0.3, 0.4) is 0 Å². The quantitative estimate of drug-likeness (QED) is 0.916. The highest BCUT2D eigenvalue weighted by molar-refractivity contribution is 7.94. The van der Waals surface area contributed by atoms with Gasteiger partial charge >= 0.3 is 0 Å². The van der Waals surface area contributed by atoms with Crippen LogP contribution in [0.4, 0.5) is 15.8 Å². The van der Waals surface area contributed by atoms with E-state index in [1.54, 1.807) is 0 Å². The van der Waals surface area contributed by atoms with Crippen LogP contribution in [0, 0.1) is 5.82 Å². The van der Waals surface area contributed by atoms with E-state index in [1.807, 2.05) is 0 Å². The van der Waals surface area contributed by atoms with Gasteiger partial charge < -0.3 is 5.73 Å². The highest BCUT2D eigenvalue weighted by Crippen LogP contribution is 2.27. The molecule has 1 aromatic heterocycles. The molecule has 0 unspecified atom stereocenters. The molecule has 0 aliphatic heterocycles. The number of halogens is 2. The molecular weight excluding hydrogens is 299 g/mol. The molecule has 0 atom stereocenters. The number of anilines is 2. The Labute approximate surface area is 112 Å². The lowest BCUT2D eigenvalue weighted by Gasteiger charge is -2.07. The van der Waals surface area contributed by atoms with E-state index in [0.29, 0.717) is 5.69 Å². The SMILES string of the molecule is Nc1csc(S(=O)(=O)Nc2cccc(Cl)c2F)c1. The van der Waals surface area contributed by atoms with E-state index in [2.05, 4.69) is 4.72 Å². The van der Waals surface area contributed by atoms with E-state index in [0.717, 1.165) is 11.3 Å². The number of hydrogen-bond donors (Lipinski definition) is 2. The molecule has 0 aliphatic rings. The summed E-state index contributed by atoms with van der Waals surface area (Å²) in [4.78, 5) is 0. The van der Waals surface area contributed by atoms with Crippen LogP contribution in [0.2, 0.25) is 5.02 Å². The highest BCUT2D eigenvalue weighted by atomic mass is 35.5. The second kappa shape index (κ2) is 4.75. The van der Waals surface area contributed by atoms with Crippen LogP contribution in [-0.4, -0.2) is 8.42 Å². The lowest BCUT2D eigenvalue weighted by molar-refractivity contribution is 0.600. The average molecular weight is 307 g/mol. The maximum Gasteiger partial charge on any atom is 0.271 e. The molecule has 0 bridgehead atoms. The van der Waals surface area contributed by atoms with Gasteiger partial charge in [-0.15, -0.1) is 11.3 Å². The van der Waals surface area contributed by atoms with E-state index in [1.165, 1.54) is 29.6 Å². The first-order valence-electron chi connectivity index (χ1n) is 4.71. The summed E-state index contributed by atoms with van der Waals surface area (Å²) in [6.07, 6.45) is 0. The third-order valence-electron chi connectivity index (χ3n) is 2.06. The van der Waals surface area contributed by atoms with E-state index >= 15 is 0 Å². The lowest BCUT2D eigenvalue weighted by atomic mass is 10.3. The molecule has 96 valence electrons. The van der Waals surface area contributed by atoms with E-state index in [-0.39, 0.29) is 14.9 Å². The average Bonchev–Trinajstić information content (AvgIpc) is 2.72. The fourth-order valence-corrected chi connectivity index (χ4v) is 3.56. The van der Waals surface area contributed by atoms with Crippen molar-refractivity contribution < 1.29 is 12.8 Å². The van der Waals surface area contributed by atoms with Crippen LogP contribution in [0.5, 0.6) is 0 Å². The first-order chi connectivity index (χ1) is 8.40. The minimum atomic E-state index is -3.84. The van der Waals surface area contributed by atoms with Crippen molar-refractivity contribution in [3.63, 3.8) is 0 Å². The minimum absolute atomic E-state index is 0.0133. The van der Waals surface area contributed by atoms with Crippen molar-refractivity contribution in [2.45, 2.75) is 4.21 Å². The van der Waals surface area contributed by atoms with Crippen LogP contribution in [-0.2, 0) is 10.0 Å². The maximum atomic E-state index is 13.6. The largest absolute Gasteiger partial charge is 0.398 e. The highest BCUT2D eigenvalue weighted by Gasteiger charge is 2.19. The van der Waals surface area contributed by atoms with Gasteiger partial charge in [-0.1, -0.05) is 17.7 Å². The van der Waals surface area contributed by atoms with Gasteiger partial charge in [0.15, 0.2) is 5.82 Å². The number of nitrogen functional groups attached to an aromatic ring is 1. The zero-order chi connectivity index (χ0) is 13.3. The number of hydrogen-bond acceptors (Lipinski definition) is 4. The predicted molar refractivity (Wildman–Crippen MR) is 70.9 cm³/mol. The van der Waals surface area contributed by atoms with Gasteiger partial charge in [-0.3, -0.25) is 4.72 Å². The summed E-state index contributed by atoms with van der Waals surface area (Å²) in [5.74, 6) is -0.813. The Morgan fingerprint density at radius 3 is 2.72 bits per heavy atom. The fourth-order valence-electron chi connectivity index (χ4n) is 1.25. The number of rotatable bonds is 3. The van der Waals surface area contributed by atoms with Crippen LogP contribution in [0.1, 0.15) is 0 Å². The van der Waals surface area contributed by atoms with Gasteiger partial charge in [0.1, 0.15) is 4.21 Å². The molecule has 1 heterocycles. The van der Waals surface area contributed by atoms with Gasteiger partial charge in [0.2, 0.25) is 0 Å². The summed E-state index contributed by atoms with van der Waals surface area (Å²) in [7, 11) is -3.84. The lowest BCUT2D eigenvalue weighted by Crippen LogP contribution is -2.12. The van der Waals surface area contributed by atoms with Crippen molar-refractivity contribution in [3.05, 3.63) is 40.5 Å². The Bertz CT molecular complexity index is 685. The number of nitrogens with two attached hydrogens (primary N) is 1. The van der Waals surface area contributed by atoms with Crippen molar-refractivity contribution in [3.8, 4) is 0 Å². The van der Waals surface area contributed by atoms with Crippen molar-refractivity contribution in [1.29, 1.82) is 0 Å². The molecule has 0 radical (unpaired) electrons. The molecule has 18 heavy (non-hydrogen) atoms. The molecule has 3 N–H and O–H groups in total. The topological polar surface area (TPSA) is 72.2 Å². The smallest absolute Gasteiger partial charge is 0.271 e. The summed E-state index contributed by atoms with van der Waals surface area (Å²) in [5, 5.41) is 1.34. The Morgan fingerprint density at radius 2 is 2.11 bits per heavy atom. The molecule has 2 rings (SSSR count). The molecular formula is C10H8ClFN2O2S2. The Kier molecular flexibility index (Phi) is 3.47. The molecule has 4 nitrogen and oxygen atoms in total. The summed E-state index contributed by atoms with van der Waals surface area (Å²) in [6.45, 7) is 0. The Morgan fingerprint density at radius 1 is 1.39 bits per heavy atom. The molecule has 2 aromatic rings. The third-order valence-corrected chi connectivity index (χ3v) is 5.17. The molecule has 0 spiro atoms. The van der Waals surface area contributed by atoms with Crippen LogP contribution < -0.4 is 10.5 Å². The summed E-state index contributed by atoms with van der Waals surface area (Å²) >= 11 is 6.52. The van der Waals surface area contributed by atoms with E-state index < -0.39 is 15.8 Å². The molecule has 0 saturated heterocycles. The monoisotopic (exact) mass is 306 g/mol. The van der Waals surface area contributed by atoms with Gasteiger partial charge in [0, 0.05) is 11.1 Å². The molecule has 1 aromatic carbocycles. The standard InChI is InChI=1S/C10H8ClFN2O2S2/c11-7-2-1-3-8(10(7)12)14-18(15,16)9-4-6(13)5-17-9/h1-5,14H,13H2. The number of thiophene rings is 1. The normalized spacial score (nSPS) is 11.4. The molecule has 0 amide bonds. The fraction of sp³-hybridized carbons (Fsp3) is 0. The van der Waals surface area contributed by atoms with Crippen LogP contribution in [0.25, 0.3) is 0 Å². The molecule has 8 heteroatoms. The molecule has 0 aliphatic carbocycles. The Balaban J connectivity index is 2.37. The minimum Gasteiger partial charge on any atom is -0.398 e. The van der Waals surface area contributed by atoms with Crippen molar-refractivity contribution >= 4 is 44.3 Å². The summed E-state index contributed by atoms with van der Waals surface area (Å²) in [5.41, 5.74) is 5.59. The second-order valence-electron chi connectivity index (χ2n) is 3.41. The van der Waals surface area contributed by atoms with Gasteiger partial charge in [0.25, 0.3) is 10.0 Å². The molecule has 0 saturated carbocycles. The van der Waals surface area contributed by atoms with Crippen LogP contribution in [0.15, 0.2) is 33.9 Å². The zero-order valence-electron chi connectivity index (χ0n) is 8.85. The first kappa shape index (κ1) is 13.1. The number of nitrogens with one attached hydrogen (secondary N) is 1.